The topological polar surface area (TPSA) is 89.8 Å². The summed E-state index contributed by atoms with van der Waals surface area (Å²) >= 11 is 1.50. The molecule has 3 rings (SSSR count). The molecule has 0 unspecified atom stereocenters. The van der Waals surface area contributed by atoms with Gasteiger partial charge in [-0.3, -0.25) is 10.1 Å². The van der Waals surface area contributed by atoms with E-state index < -0.39 is 20.3 Å². The molecule has 9 heteroatoms. The molecule has 0 aliphatic carbocycles. The lowest BCUT2D eigenvalue weighted by atomic mass is 10.2. The Hall–Kier alpha value is -2.10. The molecule has 1 saturated heterocycles. The van der Waals surface area contributed by atoms with E-state index in [1.54, 1.807) is 6.07 Å². The van der Waals surface area contributed by atoms with Crippen molar-refractivity contribution in [1.29, 1.82) is 0 Å². The molecule has 0 N–H and O–H groups in total. The van der Waals surface area contributed by atoms with Gasteiger partial charge in [0, 0.05) is 30.0 Å². The zero-order valence-electron chi connectivity index (χ0n) is 13.4. The largest absolute Gasteiger partial charge is 0.496 e. The van der Waals surface area contributed by atoms with Crippen molar-refractivity contribution in [1.82, 2.24) is 4.31 Å². The van der Waals surface area contributed by atoms with Crippen LogP contribution in [-0.2, 0) is 10.0 Å². The highest BCUT2D eigenvalue weighted by atomic mass is 32.2. The molecule has 25 heavy (non-hydrogen) atoms. The highest BCUT2D eigenvalue weighted by Gasteiger charge is 2.38. The summed E-state index contributed by atoms with van der Waals surface area (Å²) in [6, 6.07) is 12.4. The van der Waals surface area contributed by atoms with Gasteiger partial charge in [-0.05, 0) is 12.1 Å². The highest BCUT2D eigenvalue weighted by molar-refractivity contribution is 8.01. The second-order valence-electron chi connectivity index (χ2n) is 5.34. The first-order valence-electron chi connectivity index (χ1n) is 7.46. The van der Waals surface area contributed by atoms with Crippen molar-refractivity contribution in [2.45, 2.75) is 10.3 Å². The standard InChI is InChI=1S/C16H16N2O5S2/c1-23-15-8-3-2-7-14(15)16-17(9-10-24-16)25(21,22)13-6-4-5-12(11-13)18(19)20/h2-8,11,16H,9-10H2,1H3/t16-/m0/s1. The van der Waals surface area contributed by atoms with Gasteiger partial charge in [0.15, 0.2) is 0 Å². The fourth-order valence-corrected chi connectivity index (χ4v) is 6.01. The number of thioether (sulfide) groups is 1. The third-order valence-electron chi connectivity index (χ3n) is 3.89. The summed E-state index contributed by atoms with van der Waals surface area (Å²) in [4.78, 5) is 10.3. The number of nitro benzene ring substituents is 1. The summed E-state index contributed by atoms with van der Waals surface area (Å²) in [6.07, 6.45) is 0. The molecular formula is C16H16N2O5S2. The number of sulfonamides is 1. The van der Waals surface area contributed by atoms with E-state index in [9.17, 15) is 18.5 Å². The molecule has 2 aromatic rings. The molecule has 0 amide bonds. The van der Waals surface area contributed by atoms with E-state index in [1.165, 1.54) is 41.4 Å². The van der Waals surface area contributed by atoms with Crippen molar-refractivity contribution in [3.63, 3.8) is 0 Å². The maximum atomic E-state index is 13.0. The molecular weight excluding hydrogens is 364 g/mol. The highest BCUT2D eigenvalue weighted by Crippen LogP contribution is 2.44. The first-order valence-corrected chi connectivity index (χ1v) is 9.95. The van der Waals surface area contributed by atoms with Gasteiger partial charge in [0.25, 0.3) is 5.69 Å². The predicted octanol–water partition coefficient (Wildman–Crippen LogP) is 3.04. The van der Waals surface area contributed by atoms with Crippen LogP contribution < -0.4 is 4.74 Å². The molecule has 1 heterocycles. The number of benzene rings is 2. The summed E-state index contributed by atoms with van der Waals surface area (Å²) in [5, 5.41) is 10.5. The van der Waals surface area contributed by atoms with Gasteiger partial charge in [0.2, 0.25) is 10.0 Å². The lowest BCUT2D eigenvalue weighted by Crippen LogP contribution is -2.30. The van der Waals surface area contributed by atoms with Gasteiger partial charge in [-0.15, -0.1) is 11.8 Å². The number of nitro groups is 1. The molecule has 0 spiro atoms. The molecule has 2 aromatic carbocycles. The van der Waals surface area contributed by atoms with E-state index in [0.29, 0.717) is 18.0 Å². The second-order valence-corrected chi connectivity index (χ2v) is 8.41. The summed E-state index contributed by atoms with van der Waals surface area (Å²) in [5.74, 6) is 1.25. The molecule has 1 aliphatic rings. The Bertz CT molecular complexity index is 901. The smallest absolute Gasteiger partial charge is 0.270 e. The number of nitrogens with zero attached hydrogens (tertiary/aromatic N) is 2. The van der Waals surface area contributed by atoms with Crippen LogP contribution in [0.5, 0.6) is 5.75 Å². The van der Waals surface area contributed by atoms with E-state index in [4.69, 9.17) is 4.74 Å². The SMILES string of the molecule is COc1ccccc1[C@@H]1SCCN1S(=O)(=O)c1cccc([N+](=O)[O-])c1. The molecule has 1 aliphatic heterocycles. The van der Waals surface area contributed by atoms with Gasteiger partial charge < -0.3 is 4.74 Å². The van der Waals surface area contributed by atoms with Crippen LogP contribution >= 0.6 is 11.8 Å². The number of hydrogen-bond acceptors (Lipinski definition) is 6. The third kappa shape index (κ3) is 3.35. The Labute approximate surface area is 149 Å². The number of rotatable bonds is 5. The number of hydrogen-bond donors (Lipinski definition) is 0. The molecule has 0 saturated carbocycles. The lowest BCUT2D eigenvalue weighted by molar-refractivity contribution is -0.385. The van der Waals surface area contributed by atoms with Crippen molar-refractivity contribution in [2.24, 2.45) is 0 Å². The Morgan fingerprint density at radius 3 is 2.72 bits per heavy atom. The first-order chi connectivity index (χ1) is 11.9. The van der Waals surface area contributed by atoms with Crippen LogP contribution in [0.25, 0.3) is 0 Å². The Kier molecular flexibility index (Phi) is 4.98. The van der Waals surface area contributed by atoms with E-state index in [2.05, 4.69) is 0 Å². The molecule has 1 atom stereocenters. The quantitative estimate of drug-likeness (QED) is 0.585. The number of ether oxygens (including phenoxy) is 1. The van der Waals surface area contributed by atoms with Crippen LogP contribution in [0, 0.1) is 10.1 Å². The van der Waals surface area contributed by atoms with Crippen LogP contribution in [0.1, 0.15) is 10.9 Å². The molecule has 0 bridgehead atoms. The fraction of sp³-hybridized carbons (Fsp3) is 0.250. The maximum Gasteiger partial charge on any atom is 0.270 e. The zero-order chi connectivity index (χ0) is 18.0. The second kappa shape index (κ2) is 7.03. The molecule has 7 nitrogen and oxygen atoms in total. The number of non-ortho nitro benzene ring substituents is 1. The minimum absolute atomic E-state index is 0.0795. The molecule has 1 fully saturated rings. The van der Waals surface area contributed by atoms with Gasteiger partial charge >= 0.3 is 0 Å². The number of methoxy groups -OCH3 is 1. The average Bonchev–Trinajstić information content (AvgIpc) is 3.12. The lowest BCUT2D eigenvalue weighted by Gasteiger charge is -2.24. The maximum absolute atomic E-state index is 13.0. The van der Waals surface area contributed by atoms with Crippen molar-refractivity contribution < 1.29 is 18.1 Å². The van der Waals surface area contributed by atoms with Gasteiger partial charge in [0.1, 0.15) is 5.75 Å². The van der Waals surface area contributed by atoms with Crippen LogP contribution in [0.4, 0.5) is 5.69 Å². The molecule has 0 radical (unpaired) electrons. The summed E-state index contributed by atoms with van der Waals surface area (Å²) in [7, 11) is -2.32. The van der Waals surface area contributed by atoms with Crippen LogP contribution in [0.3, 0.4) is 0 Å². The normalized spacial score (nSPS) is 18.2. The van der Waals surface area contributed by atoms with Gasteiger partial charge in [0.05, 0.1) is 22.3 Å². The summed E-state index contributed by atoms with van der Waals surface area (Å²) < 4.78 is 32.8. The van der Waals surface area contributed by atoms with E-state index in [-0.39, 0.29) is 10.6 Å². The zero-order valence-corrected chi connectivity index (χ0v) is 15.0. The van der Waals surface area contributed by atoms with Crippen LogP contribution in [0.15, 0.2) is 53.4 Å². The van der Waals surface area contributed by atoms with E-state index >= 15 is 0 Å². The van der Waals surface area contributed by atoms with E-state index in [1.807, 2.05) is 18.2 Å². The monoisotopic (exact) mass is 380 g/mol. The van der Waals surface area contributed by atoms with Gasteiger partial charge in [-0.2, -0.15) is 4.31 Å². The molecule has 0 aromatic heterocycles. The van der Waals surface area contributed by atoms with Crippen molar-refractivity contribution in [3.8, 4) is 5.75 Å². The summed E-state index contributed by atoms with van der Waals surface area (Å²) in [5.41, 5.74) is 0.517. The van der Waals surface area contributed by atoms with Crippen LogP contribution in [-0.4, -0.2) is 37.1 Å². The third-order valence-corrected chi connectivity index (χ3v) is 7.13. The Balaban J connectivity index is 2.02. The number of para-hydroxylation sites is 1. The molecule has 132 valence electrons. The minimum Gasteiger partial charge on any atom is -0.496 e. The first kappa shape index (κ1) is 17.7. The predicted molar refractivity (Wildman–Crippen MR) is 95.2 cm³/mol. The Morgan fingerprint density at radius 1 is 1.24 bits per heavy atom. The average molecular weight is 380 g/mol. The van der Waals surface area contributed by atoms with Crippen molar-refractivity contribution in [2.75, 3.05) is 19.4 Å². The van der Waals surface area contributed by atoms with E-state index in [0.717, 1.165) is 11.6 Å². The van der Waals surface area contributed by atoms with Crippen LogP contribution in [0.2, 0.25) is 0 Å². The van der Waals surface area contributed by atoms with Crippen molar-refractivity contribution in [3.05, 3.63) is 64.2 Å². The Morgan fingerprint density at radius 2 is 2.00 bits per heavy atom. The minimum atomic E-state index is -3.86. The fourth-order valence-electron chi connectivity index (χ4n) is 2.71. The van der Waals surface area contributed by atoms with Gasteiger partial charge in [-0.25, -0.2) is 8.42 Å². The van der Waals surface area contributed by atoms with Crippen molar-refractivity contribution >= 4 is 27.5 Å². The summed E-state index contributed by atoms with van der Waals surface area (Å²) in [6.45, 7) is 0.332. The van der Waals surface area contributed by atoms with Gasteiger partial charge in [-0.1, -0.05) is 24.3 Å².